The molecule has 1 aromatic rings. The Labute approximate surface area is 119 Å². The zero-order chi connectivity index (χ0) is 13.9. The summed E-state index contributed by atoms with van der Waals surface area (Å²) in [4.78, 5) is 12.8. The van der Waals surface area contributed by atoms with Crippen LogP contribution in [0, 0.1) is 5.41 Å². The topological polar surface area (TPSA) is 55.1 Å². The summed E-state index contributed by atoms with van der Waals surface area (Å²) in [6.45, 7) is 2.09. The fourth-order valence-electron chi connectivity index (χ4n) is 2.68. The van der Waals surface area contributed by atoms with Crippen molar-refractivity contribution in [1.82, 2.24) is 0 Å². The number of hydrogen-bond acceptors (Lipinski definition) is 2. The molecule has 3 N–H and O–H groups in total. The van der Waals surface area contributed by atoms with Gasteiger partial charge >= 0.3 is 0 Å². The normalized spacial score (nSPS) is 17.1. The van der Waals surface area contributed by atoms with Gasteiger partial charge in [0.05, 0.1) is 10.4 Å². The van der Waals surface area contributed by atoms with E-state index in [9.17, 15) is 4.79 Å². The molecule has 0 atom stereocenters. The second-order valence-corrected chi connectivity index (χ2v) is 5.60. The van der Waals surface area contributed by atoms with E-state index in [1.807, 2.05) is 18.2 Å². The van der Waals surface area contributed by atoms with Gasteiger partial charge in [-0.25, -0.2) is 0 Å². The van der Waals surface area contributed by atoms with Crippen molar-refractivity contribution >= 4 is 28.8 Å². The fraction of sp³-hybridized carbons (Fsp3) is 0.467. The number of nitrogens with one attached hydrogen (secondary N) is 1. The zero-order valence-electron chi connectivity index (χ0n) is 11.2. The molecule has 19 heavy (non-hydrogen) atoms. The van der Waals surface area contributed by atoms with Crippen LogP contribution in [-0.4, -0.2) is 10.9 Å². The third kappa shape index (κ3) is 2.78. The van der Waals surface area contributed by atoms with E-state index in [-0.39, 0.29) is 5.91 Å². The first kappa shape index (κ1) is 14.0. The minimum Gasteiger partial charge on any atom is -0.392 e. The largest absolute Gasteiger partial charge is 0.392 e. The van der Waals surface area contributed by atoms with E-state index in [0.717, 1.165) is 37.8 Å². The van der Waals surface area contributed by atoms with Gasteiger partial charge in [-0.1, -0.05) is 44.1 Å². The molecule has 1 fully saturated rings. The van der Waals surface area contributed by atoms with Crippen LogP contribution in [0.2, 0.25) is 0 Å². The highest BCUT2D eigenvalue weighted by Crippen LogP contribution is 2.39. The van der Waals surface area contributed by atoms with E-state index in [1.54, 1.807) is 0 Å². The lowest BCUT2D eigenvalue weighted by Gasteiger charge is -2.26. The van der Waals surface area contributed by atoms with Gasteiger partial charge in [-0.3, -0.25) is 4.79 Å². The number of carbonyl (C=O) groups excluding carboxylic acids is 1. The van der Waals surface area contributed by atoms with Crippen molar-refractivity contribution in [3.05, 3.63) is 29.8 Å². The van der Waals surface area contributed by atoms with Gasteiger partial charge in [0, 0.05) is 5.69 Å². The van der Waals surface area contributed by atoms with Crippen molar-refractivity contribution in [2.45, 2.75) is 39.0 Å². The van der Waals surface area contributed by atoms with Gasteiger partial charge in [-0.2, -0.15) is 0 Å². The number of amides is 1. The summed E-state index contributed by atoms with van der Waals surface area (Å²) in [5.74, 6) is -0.0502. The maximum Gasteiger partial charge on any atom is 0.237 e. The molecule has 0 spiro atoms. The molecule has 0 heterocycles. The predicted molar refractivity (Wildman–Crippen MR) is 82.1 cm³/mol. The van der Waals surface area contributed by atoms with Crippen LogP contribution in [-0.2, 0) is 11.2 Å². The van der Waals surface area contributed by atoms with Gasteiger partial charge in [0.25, 0.3) is 0 Å². The van der Waals surface area contributed by atoms with E-state index in [4.69, 9.17) is 18.0 Å². The highest BCUT2D eigenvalue weighted by Gasteiger charge is 2.43. The number of benzene rings is 1. The summed E-state index contributed by atoms with van der Waals surface area (Å²) in [6.07, 6.45) is 4.51. The quantitative estimate of drug-likeness (QED) is 0.831. The molecule has 4 heteroatoms. The summed E-state index contributed by atoms with van der Waals surface area (Å²) in [5, 5.41) is 2.97. The van der Waals surface area contributed by atoms with Gasteiger partial charge in [0.2, 0.25) is 5.91 Å². The fourth-order valence-corrected chi connectivity index (χ4v) is 2.98. The van der Waals surface area contributed by atoms with E-state index in [2.05, 4.69) is 18.3 Å². The molecule has 0 saturated heterocycles. The molecule has 0 aromatic heterocycles. The van der Waals surface area contributed by atoms with Crippen LogP contribution in [0.25, 0.3) is 0 Å². The Balaban J connectivity index is 2.17. The summed E-state index contributed by atoms with van der Waals surface area (Å²) in [5.41, 5.74) is 7.20. The first-order chi connectivity index (χ1) is 9.08. The third-order valence-corrected chi connectivity index (χ3v) is 4.35. The van der Waals surface area contributed by atoms with Crippen LogP contribution in [0.4, 0.5) is 5.69 Å². The average Bonchev–Trinajstić information content (AvgIpc) is 2.89. The second-order valence-electron chi connectivity index (χ2n) is 5.16. The van der Waals surface area contributed by atoms with Gasteiger partial charge in [-0.15, -0.1) is 0 Å². The number of nitrogens with two attached hydrogens (primary N) is 1. The minimum atomic E-state index is -0.641. The van der Waals surface area contributed by atoms with Gasteiger partial charge < -0.3 is 11.1 Å². The van der Waals surface area contributed by atoms with Crippen molar-refractivity contribution in [3.8, 4) is 0 Å². The maximum absolute atomic E-state index is 12.5. The molecule has 1 aliphatic carbocycles. The van der Waals surface area contributed by atoms with Crippen LogP contribution < -0.4 is 11.1 Å². The number of hydrogen-bond donors (Lipinski definition) is 2. The van der Waals surface area contributed by atoms with Gasteiger partial charge in [0.15, 0.2) is 0 Å². The first-order valence-corrected chi connectivity index (χ1v) is 7.19. The monoisotopic (exact) mass is 276 g/mol. The standard InChI is InChI=1S/C15H20N2OS/c1-2-11-6-5-7-12(10-11)17-14(18)15(13(16)19)8-3-4-9-15/h5-7,10H,2-4,8-9H2,1H3,(H2,16,19)(H,17,18). The van der Waals surface area contributed by atoms with Crippen LogP contribution in [0.5, 0.6) is 0 Å². The molecular formula is C15H20N2OS. The lowest BCUT2D eigenvalue weighted by molar-refractivity contribution is -0.122. The van der Waals surface area contributed by atoms with Crippen LogP contribution in [0.3, 0.4) is 0 Å². The molecule has 1 saturated carbocycles. The van der Waals surface area contributed by atoms with Crippen molar-refractivity contribution < 1.29 is 4.79 Å². The molecule has 1 amide bonds. The number of rotatable bonds is 4. The maximum atomic E-state index is 12.5. The number of carbonyl (C=O) groups is 1. The molecule has 0 bridgehead atoms. The molecule has 0 radical (unpaired) electrons. The van der Waals surface area contributed by atoms with Crippen molar-refractivity contribution in [3.63, 3.8) is 0 Å². The van der Waals surface area contributed by atoms with Crippen molar-refractivity contribution in [1.29, 1.82) is 0 Å². The Bertz CT molecular complexity index is 493. The van der Waals surface area contributed by atoms with E-state index >= 15 is 0 Å². The summed E-state index contributed by atoms with van der Waals surface area (Å²) >= 11 is 5.13. The molecule has 0 unspecified atom stereocenters. The van der Waals surface area contributed by atoms with E-state index in [0.29, 0.717) is 4.99 Å². The van der Waals surface area contributed by atoms with E-state index in [1.165, 1.54) is 5.56 Å². The van der Waals surface area contributed by atoms with Gasteiger partial charge in [0.1, 0.15) is 0 Å². The molecule has 1 aliphatic rings. The highest BCUT2D eigenvalue weighted by molar-refractivity contribution is 7.80. The Morgan fingerprint density at radius 2 is 2.11 bits per heavy atom. The Hall–Kier alpha value is -1.42. The summed E-state index contributed by atoms with van der Waals surface area (Å²) in [6, 6.07) is 7.91. The average molecular weight is 276 g/mol. The number of anilines is 1. The highest BCUT2D eigenvalue weighted by atomic mass is 32.1. The van der Waals surface area contributed by atoms with Crippen molar-refractivity contribution in [2.24, 2.45) is 11.1 Å². The molecule has 3 nitrogen and oxygen atoms in total. The van der Waals surface area contributed by atoms with Crippen LogP contribution in [0.15, 0.2) is 24.3 Å². The zero-order valence-corrected chi connectivity index (χ0v) is 12.1. The first-order valence-electron chi connectivity index (χ1n) is 6.79. The summed E-state index contributed by atoms with van der Waals surface area (Å²) < 4.78 is 0. The summed E-state index contributed by atoms with van der Waals surface area (Å²) in [7, 11) is 0. The number of thiocarbonyl (C=S) groups is 1. The van der Waals surface area contributed by atoms with Gasteiger partial charge in [-0.05, 0) is 37.0 Å². The van der Waals surface area contributed by atoms with E-state index < -0.39 is 5.41 Å². The molecular weight excluding hydrogens is 256 g/mol. The Morgan fingerprint density at radius 1 is 1.42 bits per heavy atom. The smallest absolute Gasteiger partial charge is 0.237 e. The molecule has 2 rings (SSSR count). The Kier molecular flexibility index (Phi) is 4.20. The van der Waals surface area contributed by atoms with Crippen LogP contribution in [0.1, 0.15) is 38.2 Å². The predicted octanol–water partition coefficient (Wildman–Crippen LogP) is 3.03. The lowest BCUT2D eigenvalue weighted by atomic mass is 9.85. The minimum absolute atomic E-state index is 0.0502. The molecule has 102 valence electrons. The SMILES string of the molecule is CCc1cccc(NC(=O)C2(C(N)=S)CCCC2)c1. The lowest BCUT2D eigenvalue weighted by Crippen LogP contribution is -2.43. The molecule has 0 aliphatic heterocycles. The van der Waals surface area contributed by atoms with Crippen LogP contribution >= 0.6 is 12.2 Å². The Morgan fingerprint density at radius 3 is 2.68 bits per heavy atom. The molecule has 1 aromatic carbocycles. The van der Waals surface area contributed by atoms with Crippen molar-refractivity contribution in [2.75, 3.05) is 5.32 Å². The number of aryl methyl sites for hydroxylation is 1. The second kappa shape index (κ2) is 5.70. The third-order valence-electron chi connectivity index (χ3n) is 3.96.